The largest absolute Gasteiger partial charge is 0.495 e. The minimum Gasteiger partial charge on any atom is -0.495 e. The fraction of sp³-hybridized carbons (Fsp3) is 0.182. The summed E-state index contributed by atoms with van der Waals surface area (Å²) in [4.78, 5) is 24.8. The number of rotatable bonds is 7. The average molecular weight is 398 g/mol. The van der Waals surface area contributed by atoms with Crippen molar-refractivity contribution in [3.63, 3.8) is 0 Å². The van der Waals surface area contributed by atoms with Gasteiger partial charge in [-0.15, -0.1) is 0 Å². The van der Waals surface area contributed by atoms with E-state index in [1.54, 1.807) is 18.2 Å². The van der Waals surface area contributed by atoms with Gasteiger partial charge in [-0.2, -0.15) is 0 Å². The van der Waals surface area contributed by atoms with Crippen LogP contribution in [0, 0.1) is 0 Å². The monoisotopic (exact) mass is 397 g/mol. The molecule has 0 aromatic heterocycles. The SMILES string of the molecule is COc1cc(OC)c(NC(=O)CCC(=O)c2ccc3ccccc3c2)cc1Cl. The second-order valence-corrected chi connectivity index (χ2v) is 6.63. The molecule has 28 heavy (non-hydrogen) atoms. The molecule has 0 saturated heterocycles. The van der Waals surface area contributed by atoms with E-state index in [2.05, 4.69) is 5.32 Å². The van der Waals surface area contributed by atoms with Crippen molar-refractivity contribution in [3.8, 4) is 11.5 Å². The molecule has 3 aromatic rings. The summed E-state index contributed by atoms with van der Waals surface area (Å²) in [5.74, 6) is 0.493. The predicted molar refractivity (Wildman–Crippen MR) is 111 cm³/mol. The first-order valence-electron chi connectivity index (χ1n) is 8.75. The lowest BCUT2D eigenvalue weighted by atomic mass is 10.0. The molecule has 0 spiro atoms. The molecule has 0 heterocycles. The van der Waals surface area contributed by atoms with Crippen LogP contribution in [0.3, 0.4) is 0 Å². The van der Waals surface area contributed by atoms with Gasteiger partial charge in [-0.25, -0.2) is 0 Å². The van der Waals surface area contributed by atoms with E-state index in [0.29, 0.717) is 27.8 Å². The number of methoxy groups -OCH3 is 2. The van der Waals surface area contributed by atoms with E-state index in [9.17, 15) is 9.59 Å². The van der Waals surface area contributed by atoms with Crippen molar-refractivity contribution in [1.29, 1.82) is 0 Å². The van der Waals surface area contributed by atoms with Gasteiger partial charge in [-0.05, 0) is 22.9 Å². The standard InChI is InChI=1S/C22H20ClNO4/c1-27-20-13-21(28-2)18(12-17(20)23)24-22(26)10-9-19(25)16-8-7-14-5-3-4-6-15(14)11-16/h3-8,11-13H,9-10H2,1-2H3,(H,24,26). The second kappa shape index (κ2) is 8.76. The third kappa shape index (κ3) is 4.43. The van der Waals surface area contributed by atoms with E-state index >= 15 is 0 Å². The highest BCUT2D eigenvalue weighted by atomic mass is 35.5. The molecule has 0 bridgehead atoms. The minimum absolute atomic E-state index is 0.0540. The second-order valence-electron chi connectivity index (χ2n) is 6.22. The van der Waals surface area contributed by atoms with Gasteiger partial charge in [0.05, 0.1) is 24.9 Å². The molecule has 6 heteroatoms. The van der Waals surface area contributed by atoms with Gasteiger partial charge in [-0.1, -0.05) is 48.0 Å². The average Bonchev–Trinajstić information content (AvgIpc) is 2.71. The first-order valence-corrected chi connectivity index (χ1v) is 9.13. The highest BCUT2D eigenvalue weighted by Crippen LogP contribution is 2.36. The number of fused-ring (bicyclic) bond motifs is 1. The maximum absolute atomic E-state index is 12.5. The molecule has 0 saturated carbocycles. The summed E-state index contributed by atoms with van der Waals surface area (Å²) < 4.78 is 10.4. The topological polar surface area (TPSA) is 64.6 Å². The fourth-order valence-corrected chi connectivity index (χ4v) is 3.15. The summed E-state index contributed by atoms with van der Waals surface area (Å²) in [6.07, 6.45) is 0.162. The maximum Gasteiger partial charge on any atom is 0.224 e. The lowest BCUT2D eigenvalue weighted by molar-refractivity contribution is -0.116. The number of ketones is 1. The number of benzene rings is 3. The van der Waals surface area contributed by atoms with Crippen molar-refractivity contribution in [3.05, 3.63) is 65.2 Å². The Labute approximate surface area is 168 Å². The van der Waals surface area contributed by atoms with Crippen LogP contribution in [0.5, 0.6) is 11.5 Å². The van der Waals surface area contributed by atoms with Crippen molar-refractivity contribution in [2.75, 3.05) is 19.5 Å². The molecular formula is C22H20ClNO4. The number of hydrogen-bond donors (Lipinski definition) is 1. The summed E-state index contributed by atoms with van der Waals surface area (Å²) in [6.45, 7) is 0. The van der Waals surface area contributed by atoms with E-state index in [1.807, 2.05) is 36.4 Å². The smallest absolute Gasteiger partial charge is 0.224 e. The fourth-order valence-electron chi connectivity index (χ4n) is 2.90. The lowest BCUT2D eigenvalue weighted by Gasteiger charge is -2.13. The summed E-state index contributed by atoms with van der Waals surface area (Å²) in [6, 6.07) is 16.5. The predicted octanol–water partition coefficient (Wildman–Crippen LogP) is 5.11. The Hall–Kier alpha value is -3.05. The van der Waals surface area contributed by atoms with Crippen LogP contribution in [-0.4, -0.2) is 25.9 Å². The molecule has 0 aliphatic rings. The van der Waals surface area contributed by atoms with Gasteiger partial charge in [-0.3, -0.25) is 9.59 Å². The molecule has 1 amide bonds. The zero-order valence-corrected chi connectivity index (χ0v) is 16.4. The molecule has 0 unspecified atom stereocenters. The van der Waals surface area contributed by atoms with Gasteiger partial charge in [0.15, 0.2) is 5.78 Å². The molecule has 0 radical (unpaired) electrons. The quantitative estimate of drug-likeness (QED) is 0.562. The Morgan fingerprint density at radius 3 is 2.32 bits per heavy atom. The van der Waals surface area contributed by atoms with Gasteiger partial charge in [0.2, 0.25) is 5.91 Å². The van der Waals surface area contributed by atoms with E-state index in [-0.39, 0.29) is 24.5 Å². The number of amides is 1. The first kappa shape index (κ1) is 19.7. The number of carbonyl (C=O) groups is 2. The molecule has 3 aromatic carbocycles. The third-order valence-corrected chi connectivity index (χ3v) is 4.69. The molecule has 0 fully saturated rings. The number of nitrogens with one attached hydrogen (secondary N) is 1. The molecule has 5 nitrogen and oxygen atoms in total. The Morgan fingerprint density at radius 1 is 0.893 bits per heavy atom. The van der Waals surface area contributed by atoms with Crippen molar-refractivity contribution < 1.29 is 19.1 Å². The number of carbonyl (C=O) groups excluding carboxylic acids is 2. The van der Waals surface area contributed by atoms with Crippen LogP contribution in [0.25, 0.3) is 10.8 Å². The van der Waals surface area contributed by atoms with Gasteiger partial charge >= 0.3 is 0 Å². The number of hydrogen-bond acceptors (Lipinski definition) is 4. The van der Waals surface area contributed by atoms with Crippen molar-refractivity contribution >= 4 is 39.8 Å². The number of halogens is 1. The van der Waals surface area contributed by atoms with Crippen LogP contribution in [0.4, 0.5) is 5.69 Å². The molecule has 0 atom stereocenters. The Bertz CT molecular complexity index is 1030. The van der Waals surface area contributed by atoms with Gasteiger partial charge < -0.3 is 14.8 Å². The Kier molecular flexibility index (Phi) is 6.16. The van der Waals surface area contributed by atoms with Crippen LogP contribution in [0.2, 0.25) is 5.02 Å². The summed E-state index contributed by atoms with van der Waals surface area (Å²) in [5, 5.41) is 5.15. The van der Waals surface area contributed by atoms with E-state index < -0.39 is 0 Å². The lowest BCUT2D eigenvalue weighted by Crippen LogP contribution is -2.14. The summed E-state index contributed by atoms with van der Waals surface area (Å²) in [5.41, 5.74) is 1.02. The van der Waals surface area contributed by atoms with Crippen LogP contribution in [0.1, 0.15) is 23.2 Å². The van der Waals surface area contributed by atoms with Crippen LogP contribution in [0.15, 0.2) is 54.6 Å². The molecule has 1 N–H and O–H groups in total. The molecular weight excluding hydrogens is 378 g/mol. The zero-order chi connectivity index (χ0) is 20.1. The van der Waals surface area contributed by atoms with Crippen LogP contribution >= 0.6 is 11.6 Å². The molecule has 3 rings (SSSR count). The van der Waals surface area contributed by atoms with E-state index in [4.69, 9.17) is 21.1 Å². The van der Waals surface area contributed by atoms with E-state index in [0.717, 1.165) is 10.8 Å². The summed E-state index contributed by atoms with van der Waals surface area (Å²) in [7, 11) is 2.99. The number of ether oxygens (including phenoxy) is 2. The minimum atomic E-state index is -0.298. The van der Waals surface area contributed by atoms with Crippen LogP contribution in [-0.2, 0) is 4.79 Å². The highest BCUT2D eigenvalue weighted by Gasteiger charge is 2.14. The van der Waals surface area contributed by atoms with E-state index in [1.165, 1.54) is 14.2 Å². The number of Topliss-reactive ketones (excluding diaryl/α,β-unsaturated/α-hetero) is 1. The normalized spacial score (nSPS) is 10.5. The highest BCUT2D eigenvalue weighted by molar-refractivity contribution is 6.32. The van der Waals surface area contributed by atoms with Crippen molar-refractivity contribution in [2.45, 2.75) is 12.8 Å². The Morgan fingerprint density at radius 2 is 1.61 bits per heavy atom. The van der Waals surface area contributed by atoms with Gasteiger partial charge in [0.25, 0.3) is 0 Å². The summed E-state index contributed by atoms with van der Waals surface area (Å²) >= 11 is 6.11. The molecule has 144 valence electrons. The van der Waals surface area contributed by atoms with Crippen molar-refractivity contribution in [2.24, 2.45) is 0 Å². The van der Waals surface area contributed by atoms with Gasteiger partial charge in [0, 0.05) is 24.5 Å². The number of anilines is 1. The van der Waals surface area contributed by atoms with Gasteiger partial charge in [0.1, 0.15) is 11.5 Å². The Balaban J connectivity index is 1.65. The first-order chi connectivity index (χ1) is 13.5. The zero-order valence-electron chi connectivity index (χ0n) is 15.6. The van der Waals surface area contributed by atoms with Crippen molar-refractivity contribution in [1.82, 2.24) is 0 Å². The molecule has 0 aliphatic carbocycles. The van der Waals surface area contributed by atoms with Crippen LogP contribution < -0.4 is 14.8 Å². The molecule has 0 aliphatic heterocycles. The third-order valence-electron chi connectivity index (χ3n) is 4.40. The maximum atomic E-state index is 12.5.